The molecule has 0 unspecified atom stereocenters. The summed E-state index contributed by atoms with van der Waals surface area (Å²) in [5, 5.41) is 1.56. The summed E-state index contributed by atoms with van der Waals surface area (Å²) >= 11 is 0. The molecule has 0 atom stereocenters. The first-order chi connectivity index (χ1) is 21.2. The number of aromatic nitrogens is 3. The molecule has 2 aromatic carbocycles. The molecule has 0 spiro atoms. The molecule has 4 nitrogen and oxygen atoms in total. The molecule has 1 radical (unpaired) electrons. The molecule has 4 heterocycles. The molecule has 0 aliphatic rings. The summed E-state index contributed by atoms with van der Waals surface area (Å²) in [4.78, 5) is 12.8. The number of benzene rings is 2. The minimum Gasteiger partial charge on any atom is -0.486 e. The van der Waals surface area contributed by atoms with Crippen LogP contribution >= 0.6 is 0 Å². The van der Waals surface area contributed by atoms with E-state index in [1.807, 2.05) is 32.0 Å². The van der Waals surface area contributed by atoms with E-state index in [0.29, 0.717) is 33.7 Å². The Morgan fingerprint density at radius 3 is 2.47 bits per heavy atom. The third kappa shape index (κ3) is 5.91. The molecular weight excluding hydrogens is 647 g/mol. The summed E-state index contributed by atoms with van der Waals surface area (Å²) in [6.45, 7) is -0.684. The maximum atomic E-state index is 8.24. The monoisotopic (exact) mass is 684 g/mol. The zero-order chi connectivity index (χ0) is 32.5. The number of hydrogen-bond donors (Lipinski definition) is 0. The van der Waals surface area contributed by atoms with Gasteiger partial charge in [-0.3, -0.25) is 0 Å². The van der Waals surface area contributed by atoms with Crippen molar-refractivity contribution in [3.8, 4) is 22.5 Å². The van der Waals surface area contributed by atoms with Gasteiger partial charge in [0, 0.05) is 54.5 Å². The molecule has 6 aromatic rings. The summed E-state index contributed by atoms with van der Waals surface area (Å²) in [6.07, 6.45) is 3.18. The predicted octanol–water partition coefficient (Wildman–Crippen LogP) is 8.44. The molecule has 0 aliphatic carbocycles. The van der Waals surface area contributed by atoms with Gasteiger partial charge < -0.3 is 14.4 Å². The van der Waals surface area contributed by atoms with Crippen molar-refractivity contribution in [2.75, 3.05) is 0 Å². The van der Waals surface area contributed by atoms with E-state index in [1.165, 1.54) is 12.3 Å². The molecule has 0 fully saturated rings. The fraction of sp³-hybridized carbons (Fsp3) is 0.182. The predicted molar refractivity (Wildman–Crippen MR) is 150 cm³/mol. The van der Waals surface area contributed by atoms with Crippen LogP contribution < -0.4 is 0 Å². The van der Waals surface area contributed by atoms with Gasteiger partial charge in [-0.2, -0.15) is 0 Å². The van der Waals surface area contributed by atoms with Crippen molar-refractivity contribution in [1.29, 1.82) is 0 Å². The molecule has 0 saturated carbocycles. The van der Waals surface area contributed by atoms with Crippen LogP contribution in [0.15, 0.2) is 83.5 Å². The largest absolute Gasteiger partial charge is 0.486 e. The summed E-state index contributed by atoms with van der Waals surface area (Å²) < 4.78 is 65.8. The molecule has 0 amide bonds. The summed E-state index contributed by atoms with van der Waals surface area (Å²) in [7, 11) is 0. The Hall–Kier alpha value is -3.66. The second kappa shape index (κ2) is 11.8. The van der Waals surface area contributed by atoms with Gasteiger partial charge in [0.1, 0.15) is 0 Å². The van der Waals surface area contributed by atoms with Gasteiger partial charge in [-0.15, -0.1) is 53.6 Å². The van der Waals surface area contributed by atoms with Crippen molar-refractivity contribution < 1.29 is 35.5 Å². The van der Waals surface area contributed by atoms with E-state index < -0.39 is 26.5 Å². The number of nitrogens with zero attached hydrogens (tertiary/aromatic N) is 3. The Kier molecular flexibility index (Phi) is 5.77. The number of rotatable bonds is 3. The average Bonchev–Trinajstić information content (AvgIpc) is 3.39. The van der Waals surface area contributed by atoms with Crippen molar-refractivity contribution >= 4 is 22.1 Å². The van der Waals surface area contributed by atoms with Crippen LogP contribution in [0, 0.1) is 32.7 Å². The molecule has 193 valence electrons. The fourth-order valence-electron chi connectivity index (χ4n) is 3.85. The molecular formula is C33H29IrN3O-2. The van der Waals surface area contributed by atoms with E-state index in [2.05, 4.69) is 27.1 Å². The first kappa shape index (κ1) is 18.6. The first-order valence-corrected chi connectivity index (χ1v) is 11.6. The normalized spacial score (nSPS) is 14.6. The Morgan fingerprint density at radius 2 is 1.76 bits per heavy atom. The Morgan fingerprint density at radius 1 is 0.895 bits per heavy atom. The molecule has 0 saturated heterocycles. The Balaban J connectivity index is 0.000000221. The van der Waals surface area contributed by atoms with E-state index in [1.54, 1.807) is 48.7 Å². The number of furan rings is 1. The van der Waals surface area contributed by atoms with Crippen LogP contribution in [0.1, 0.15) is 53.1 Å². The van der Waals surface area contributed by atoms with Gasteiger partial charge in [0.15, 0.2) is 0 Å². The van der Waals surface area contributed by atoms with Crippen molar-refractivity contribution in [2.45, 2.75) is 40.3 Å². The first-order valence-electron chi connectivity index (χ1n) is 15.9. The maximum Gasteiger partial charge on any atom is 0.216 e. The van der Waals surface area contributed by atoms with Gasteiger partial charge in [-0.05, 0) is 54.8 Å². The minimum atomic E-state index is -2.29. The smallest absolute Gasteiger partial charge is 0.216 e. The Labute approximate surface area is 248 Å². The van der Waals surface area contributed by atoms with E-state index in [4.69, 9.17) is 15.4 Å². The van der Waals surface area contributed by atoms with Crippen LogP contribution in [-0.4, -0.2) is 15.0 Å². The van der Waals surface area contributed by atoms with Gasteiger partial charge >= 0.3 is 0 Å². The standard InChI is InChI=1S/C20H17N2O.C13H12N.Ir/c1-12(2)14-9-10-21-18(11-14)17-6-4-5-15-16-8-7-13(3)22-20(16)23-19(15)17;1-10-3-6-12(7-4-10)13-8-5-11(2)9-14-13;/h4-5,7-12H,1-3H3;3-6,8-9H,1-2H3;/q2*-1;/i3D3,12D;1D2,2D2;. The van der Waals surface area contributed by atoms with E-state index >= 15 is 0 Å². The van der Waals surface area contributed by atoms with Crippen LogP contribution in [0.2, 0.25) is 0 Å². The van der Waals surface area contributed by atoms with Gasteiger partial charge in [-0.25, -0.2) is 4.98 Å². The van der Waals surface area contributed by atoms with Gasteiger partial charge in [0.25, 0.3) is 0 Å². The summed E-state index contributed by atoms with van der Waals surface area (Å²) in [5.41, 5.74) is 5.58. The van der Waals surface area contributed by atoms with Crippen LogP contribution in [0.4, 0.5) is 0 Å². The fourth-order valence-corrected chi connectivity index (χ4v) is 3.85. The molecule has 0 aliphatic heterocycles. The molecule has 6 rings (SSSR count). The van der Waals surface area contributed by atoms with Crippen molar-refractivity contribution in [3.63, 3.8) is 0 Å². The second-order valence-electron chi connectivity index (χ2n) is 8.69. The van der Waals surface area contributed by atoms with Crippen molar-refractivity contribution in [2.24, 2.45) is 0 Å². The topological polar surface area (TPSA) is 51.8 Å². The number of pyridine rings is 3. The second-order valence-corrected chi connectivity index (χ2v) is 8.69. The molecule has 5 heteroatoms. The van der Waals surface area contributed by atoms with Crippen LogP contribution in [-0.2, 0) is 20.1 Å². The van der Waals surface area contributed by atoms with Gasteiger partial charge in [-0.1, -0.05) is 55.4 Å². The average molecular weight is 684 g/mol. The number of hydrogen-bond acceptors (Lipinski definition) is 4. The maximum absolute atomic E-state index is 8.24. The van der Waals surface area contributed by atoms with E-state index in [-0.39, 0.29) is 31.5 Å². The Bertz CT molecular complexity index is 1890. The minimum absolute atomic E-state index is 0. The molecule has 4 aromatic heterocycles. The van der Waals surface area contributed by atoms with Gasteiger partial charge in [0.05, 0.1) is 5.58 Å². The zero-order valence-electron chi connectivity index (χ0n) is 28.7. The zero-order valence-corrected chi connectivity index (χ0v) is 23.1. The summed E-state index contributed by atoms with van der Waals surface area (Å²) in [5.74, 6) is -0.754. The van der Waals surface area contributed by atoms with Gasteiger partial charge in [0.2, 0.25) is 5.71 Å². The van der Waals surface area contributed by atoms with Crippen molar-refractivity contribution in [1.82, 2.24) is 15.0 Å². The summed E-state index contributed by atoms with van der Waals surface area (Å²) in [6, 6.07) is 25.2. The quantitative estimate of drug-likeness (QED) is 0.176. The van der Waals surface area contributed by atoms with E-state index in [9.17, 15) is 0 Å². The third-order valence-corrected chi connectivity index (χ3v) is 5.79. The van der Waals surface area contributed by atoms with Crippen LogP contribution in [0.25, 0.3) is 44.6 Å². The van der Waals surface area contributed by atoms with Crippen molar-refractivity contribution in [3.05, 3.63) is 114 Å². The third-order valence-electron chi connectivity index (χ3n) is 5.79. The number of fused-ring (bicyclic) bond motifs is 3. The number of aryl methyl sites for hydroxylation is 3. The van der Waals surface area contributed by atoms with Crippen LogP contribution in [0.3, 0.4) is 0 Å². The van der Waals surface area contributed by atoms with Crippen LogP contribution in [0.5, 0.6) is 0 Å². The van der Waals surface area contributed by atoms with E-state index in [0.717, 1.165) is 21.9 Å². The molecule has 38 heavy (non-hydrogen) atoms. The molecule has 0 N–H and O–H groups in total. The molecule has 0 bridgehead atoms. The SMILES string of the molecule is [2H]C([2H])([2H])c1ccc2c(n1)oc1c(-c3cc(C([2H])(C)C)ccn3)[c-]ccc12.[2H]C([2H])c1c[c-]c(-c2ccc(C([2H])[2H])cn2)cc1.[Ir].